The van der Waals surface area contributed by atoms with Crippen molar-refractivity contribution in [3.8, 4) is 5.75 Å². The number of nitro groups is 1. The third-order valence-corrected chi connectivity index (χ3v) is 7.49. The van der Waals surface area contributed by atoms with Crippen LogP contribution < -0.4 is 10.5 Å². The Bertz CT molecular complexity index is 1270. The van der Waals surface area contributed by atoms with E-state index in [2.05, 4.69) is 0 Å². The summed E-state index contributed by atoms with van der Waals surface area (Å²) in [4.78, 5) is 36.5. The van der Waals surface area contributed by atoms with Gasteiger partial charge in [0.25, 0.3) is 5.69 Å². The van der Waals surface area contributed by atoms with E-state index < -0.39 is 38.3 Å². The molecule has 1 saturated heterocycles. The third-order valence-electron chi connectivity index (χ3n) is 4.95. The van der Waals surface area contributed by atoms with Crippen LogP contribution >= 0.6 is 11.8 Å². The first-order valence-corrected chi connectivity index (χ1v) is 12.0. The zero-order valence-corrected chi connectivity index (χ0v) is 18.7. The third kappa shape index (κ3) is 4.29. The molecule has 2 aliphatic rings. The lowest BCUT2D eigenvalue weighted by atomic mass is 10.1. The number of ether oxygens (including phenoxy) is 1. The summed E-state index contributed by atoms with van der Waals surface area (Å²) in [6.07, 6.45) is 0. The first kappa shape index (κ1) is 22.8. The zero-order valence-electron chi connectivity index (χ0n) is 17.0. The lowest BCUT2D eigenvalue weighted by Gasteiger charge is -2.47. The highest BCUT2D eigenvalue weighted by Crippen LogP contribution is 2.41. The lowest BCUT2D eigenvalue weighted by molar-refractivity contribution is -0.384. The van der Waals surface area contributed by atoms with Crippen molar-refractivity contribution in [2.45, 2.75) is 23.2 Å². The molecule has 1 fully saturated rings. The molecule has 2 aromatic carbocycles. The average molecular weight is 492 g/mol. The van der Waals surface area contributed by atoms with Crippen LogP contribution in [0.4, 0.5) is 5.69 Å². The molecule has 2 aliphatic heterocycles. The summed E-state index contributed by atoms with van der Waals surface area (Å²) >= 11 is 1.15. The van der Waals surface area contributed by atoms with Crippen LogP contribution in [0.25, 0.3) is 0 Å². The van der Waals surface area contributed by atoms with E-state index in [0.717, 1.165) is 34.4 Å². The molecule has 0 saturated carbocycles. The second-order valence-electron chi connectivity index (χ2n) is 7.20. The van der Waals surface area contributed by atoms with Gasteiger partial charge in [0, 0.05) is 12.1 Å². The second-order valence-corrected chi connectivity index (χ2v) is 9.85. The lowest BCUT2D eigenvalue weighted by Crippen LogP contribution is -2.68. The number of hydrogen-bond acceptors (Lipinski definition) is 10. The molecular weight excluding hydrogens is 474 g/mol. The van der Waals surface area contributed by atoms with Crippen LogP contribution in [0, 0.1) is 17.0 Å². The number of benzene rings is 2. The molecule has 2 N–H and O–H groups in total. The van der Waals surface area contributed by atoms with Crippen LogP contribution in [0.2, 0.25) is 0 Å². The molecule has 0 radical (unpaired) electrons. The number of carbonyl (C=O) groups excluding carboxylic acids is 2. The highest BCUT2D eigenvalue weighted by Gasteiger charge is 2.53. The zero-order chi connectivity index (χ0) is 23.9. The molecule has 2 heterocycles. The topological polar surface area (TPSA) is 159 Å². The smallest absolute Gasteiger partial charge is 0.364 e. The van der Waals surface area contributed by atoms with Gasteiger partial charge in [-0.1, -0.05) is 17.7 Å². The maximum absolute atomic E-state index is 13.0. The van der Waals surface area contributed by atoms with Gasteiger partial charge >= 0.3 is 16.1 Å². The van der Waals surface area contributed by atoms with Crippen molar-refractivity contribution in [2.75, 3.05) is 5.75 Å². The maximum atomic E-state index is 13.0. The summed E-state index contributed by atoms with van der Waals surface area (Å²) in [7, 11) is -4.30. The number of nitrogens with two attached hydrogens (primary N) is 1. The Morgan fingerprint density at radius 2 is 1.82 bits per heavy atom. The number of fused-ring (bicyclic) bond motifs is 1. The Balaban J connectivity index is 1.67. The number of rotatable bonds is 6. The number of amides is 1. The number of hydrogen-bond donors (Lipinski definition) is 1. The molecule has 2 atom stereocenters. The van der Waals surface area contributed by atoms with Crippen LogP contribution in [0.1, 0.15) is 5.56 Å². The minimum absolute atomic E-state index is 0.0362. The Labute approximate surface area is 192 Å². The molecule has 0 spiro atoms. The number of nitrogens with zero attached hydrogens (tertiary/aromatic N) is 2. The fourth-order valence-electron chi connectivity index (χ4n) is 3.22. The van der Waals surface area contributed by atoms with Crippen molar-refractivity contribution in [1.29, 1.82) is 0 Å². The molecule has 33 heavy (non-hydrogen) atoms. The van der Waals surface area contributed by atoms with Gasteiger partial charge < -0.3 is 14.7 Å². The van der Waals surface area contributed by atoms with Crippen molar-refractivity contribution in [3.05, 3.63) is 75.7 Å². The summed E-state index contributed by atoms with van der Waals surface area (Å²) < 4.78 is 36.1. The molecule has 11 nitrogen and oxygen atoms in total. The van der Waals surface area contributed by atoms with Gasteiger partial charge in [0.05, 0.1) is 10.7 Å². The number of β-lactam (4-membered cyclic amide) rings is 1. The van der Waals surface area contributed by atoms with Crippen molar-refractivity contribution < 1.29 is 31.9 Å². The Morgan fingerprint density at radius 1 is 1.18 bits per heavy atom. The molecule has 0 aromatic heterocycles. The van der Waals surface area contributed by atoms with E-state index in [1.165, 1.54) is 24.3 Å². The summed E-state index contributed by atoms with van der Waals surface area (Å²) in [5.41, 5.74) is 6.07. The van der Waals surface area contributed by atoms with Crippen LogP contribution in [0.3, 0.4) is 0 Å². The van der Waals surface area contributed by atoms with Gasteiger partial charge in [0.2, 0.25) is 5.91 Å². The standard InChI is InChI=1S/C20H17N3O8S2/c1-11-2-8-14(9-3-11)33(28,29)31-15-10-32-19-16(21)18(24)22(19)17(15)20(25)30-13-6-4-12(5-7-13)23(26)27/h2-9,16,19H,10,21H2,1H3/t16?,19-/m0/s1. The molecule has 4 rings (SSSR count). The number of carbonyl (C=O) groups is 2. The van der Waals surface area contributed by atoms with Crippen molar-refractivity contribution >= 4 is 39.4 Å². The molecule has 0 aliphatic carbocycles. The van der Waals surface area contributed by atoms with Gasteiger partial charge in [-0.25, -0.2) is 4.79 Å². The first-order valence-electron chi connectivity index (χ1n) is 9.49. The van der Waals surface area contributed by atoms with Gasteiger partial charge in [-0.3, -0.25) is 19.8 Å². The normalized spacial score (nSPS) is 20.1. The van der Waals surface area contributed by atoms with E-state index in [0.29, 0.717) is 0 Å². The van der Waals surface area contributed by atoms with Crippen molar-refractivity contribution in [3.63, 3.8) is 0 Å². The molecule has 13 heteroatoms. The quantitative estimate of drug-likeness (QED) is 0.157. The summed E-state index contributed by atoms with van der Waals surface area (Å²) in [5.74, 6) is -1.99. The Kier molecular flexibility index (Phi) is 5.86. The van der Waals surface area contributed by atoms with Gasteiger partial charge in [-0.15, -0.1) is 11.8 Å². The highest BCUT2D eigenvalue weighted by molar-refractivity contribution is 8.00. The first-order chi connectivity index (χ1) is 15.6. The average Bonchev–Trinajstić information content (AvgIpc) is 2.78. The maximum Gasteiger partial charge on any atom is 0.364 e. The number of esters is 1. The molecule has 2 aromatic rings. The van der Waals surface area contributed by atoms with Crippen LogP contribution in [0.5, 0.6) is 5.75 Å². The minimum Gasteiger partial charge on any atom is -0.422 e. The van der Waals surface area contributed by atoms with Gasteiger partial charge in [0.1, 0.15) is 22.1 Å². The summed E-state index contributed by atoms with van der Waals surface area (Å²) in [6, 6.07) is 9.76. The minimum atomic E-state index is -4.30. The van der Waals surface area contributed by atoms with Gasteiger partial charge in [-0.2, -0.15) is 8.42 Å². The summed E-state index contributed by atoms with van der Waals surface area (Å²) in [5, 5.41) is 10.2. The van der Waals surface area contributed by atoms with E-state index in [1.54, 1.807) is 19.1 Å². The van der Waals surface area contributed by atoms with E-state index in [4.69, 9.17) is 14.7 Å². The Morgan fingerprint density at radius 3 is 2.42 bits per heavy atom. The second kappa shape index (κ2) is 8.50. The molecule has 0 bridgehead atoms. The van der Waals surface area contributed by atoms with Crippen LogP contribution in [-0.4, -0.2) is 47.3 Å². The van der Waals surface area contributed by atoms with Gasteiger partial charge in [-0.05, 0) is 31.2 Å². The molecule has 1 amide bonds. The number of nitro benzene ring substituents is 1. The molecular formula is C20H17N3O8S2. The van der Waals surface area contributed by atoms with Crippen molar-refractivity contribution in [2.24, 2.45) is 5.73 Å². The Hall–Kier alpha value is -3.42. The molecule has 172 valence electrons. The van der Waals surface area contributed by atoms with Crippen molar-refractivity contribution in [1.82, 2.24) is 4.90 Å². The van der Waals surface area contributed by atoms with E-state index in [-0.39, 0.29) is 33.5 Å². The number of non-ortho nitro benzene ring substituents is 1. The van der Waals surface area contributed by atoms with Crippen LogP contribution in [0.15, 0.2) is 64.9 Å². The summed E-state index contributed by atoms with van der Waals surface area (Å²) in [6.45, 7) is 1.79. The van der Waals surface area contributed by atoms with E-state index in [1.807, 2.05) is 0 Å². The van der Waals surface area contributed by atoms with Crippen LogP contribution in [-0.2, 0) is 23.9 Å². The highest BCUT2D eigenvalue weighted by atomic mass is 32.2. The number of thioether (sulfide) groups is 1. The fourth-order valence-corrected chi connectivity index (χ4v) is 5.46. The van der Waals surface area contributed by atoms with Gasteiger partial charge in [0.15, 0.2) is 11.5 Å². The SMILES string of the molecule is Cc1ccc(S(=O)(=O)OC2=C(C(=O)Oc3ccc([N+](=O)[O-])cc3)N3C(=O)C(N)[C@@H]3SC2)cc1. The fraction of sp³-hybridized carbons (Fsp3) is 0.200. The molecule has 1 unspecified atom stereocenters. The predicted octanol–water partition coefficient (Wildman–Crippen LogP) is 1.67. The van der Waals surface area contributed by atoms with E-state index >= 15 is 0 Å². The monoisotopic (exact) mass is 491 g/mol. The van der Waals surface area contributed by atoms with E-state index in [9.17, 15) is 28.1 Å². The largest absolute Gasteiger partial charge is 0.422 e. The predicted molar refractivity (Wildman–Crippen MR) is 116 cm³/mol. The number of aryl methyl sites for hydroxylation is 1.